The molecule has 0 saturated heterocycles. The maximum Gasteiger partial charge on any atom is 0.401 e. The minimum atomic E-state index is -4.27. The van der Waals surface area contributed by atoms with Crippen LogP contribution in [0.25, 0.3) is 0 Å². The highest BCUT2D eigenvalue weighted by Gasteiger charge is 2.37. The van der Waals surface area contributed by atoms with Gasteiger partial charge in [0.25, 0.3) is 0 Å². The van der Waals surface area contributed by atoms with Gasteiger partial charge in [-0.3, -0.25) is 4.90 Å². The predicted octanol–water partition coefficient (Wildman–Crippen LogP) is 1.22. The van der Waals surface area contributed by atoms with Crippen molar-refractivity contribution in [2.45, 2.75) is 33.0 Å². The van der Waals surface area contributed by atoms with Crippen LogP contribution in [-0.4, -0.2) is 48.5 Å². The van der Waals surface area contributed by atoms with E-state index in [0.29, 0.717) is 0 Å². The quantitative estimate of drug-likeness (QED) is 0.762. The van der Waals surface area contributed by atoms with Gasteiger partial charge >= 0.3 is 6.18 Å². The molecule has 0 rings (SSSR count). The van der Waals surface area contributed by atoms with E-state index in [-0.39, 0.29) is 25.1 Å². The van der Waals surface area contributed by atoms with E-state index in [1.807, 2.05) is 20.8 Å². The lowest BCUT2D eigenvalue weighted by atomic mass is 9.85. The Morgan fingerprint density at radius 3 is 2.00 bits per heavy atom. The molecule has 0 aromatic carbocycles. The van der Waals surface area contributed by atoms with Gasteiger partial charge in [-0.15, -0.1) is 0 Å². The Balaban J connectivity index is 4.73. The van der Waals surface area contributed by atoms with Crippen molar-refractivity contribution in [2.75, 3.05) is 26.2 Å². The minimum absolute atomic E-state index is 0.0152. The summed E-state index contributed by atoms with van der Waals surface area (Å²) in [5.74, 6) is 0. The highest BCUT2D eigenvalue weighted by atomic mass is 19.4. The van der Waals surface area contributed by atoms with Crippen LogP contribution in [0.4, 0.5) is 13.2 Å². The molecule has 16 heavy (non-hydrogen) atoms. The molecule has 1 atom stereocenters. The average Bonchev–Trinajstić information content (AvgIpc) is 1.99. The maximum absolute atomic E-state index is 12.3. The topological polar surface area (TPSA) is 49.5 Å². The molecule has 1 unspecified atom stereocenters. The molecule has 0 aliphatic carbocycles. The number of halogens is 3. The first kappa shape index (κ1) is 15.7. The summed E-state index contributed by atoms with van der Waals surface area (Å²) in [6, 6.07) is -0.402. The molecule has 0 aromatic rings. The van der Waals surface area contributed by atoms with E-state index in [1.165, 1.54) is 4.90 Å². The minimum Gasteiger partial charge on any atom is -0.395 e. The largest absolute Gasteiger partial charge is 0.401 e. The summed E-state index contributed by atoms with van der Waals surface area (Å²) in [6.07, 6.45) is -4.27. The van der Waals surface area contributed by atoms with Crippen LogP contribution < -0.4 is 5.73 Å². The Bertz CT molecular complexity index is 201. The summed E-state index contributed by atoms with van der Waals surface area (Å²) in [5.41, 5.74) is 5.17. The van der Waals surface area contributed by atoms with Gasteiger partial charge in [0, 0.05) is 19.1 Å². The third-order valence-corrected chi connectivity index (χ3v) is 2.43. The zero-order chi connectivity index (χ0) is 13.0. The molecule has 0 amide bonds. The lowest BCUT2D eigenvalue weighted by molar-refractivity contribution is -0.155. The van der Waals surface area contributed by atoms with E-state index in [4.69, 9.17) is 10.8 Å². The van der Waals surface area contributed by atoms with Gasteiger partial charge in [-0.2, -0.15) is 13.2 Å². The van der Waals surface area contributed by atoms with Crippen molar-refractivity contribution >= 4 is 0 Å². The van der Waals surface area contributed by atoms with Crippen LogP contribution in [0.15, 0.2) is 0 Å². The van der Waals surface area contributed by atoms with Crippen molar-refractivity contribution < 1.29 is 18.3 Å². The maximum atomic E-state index is 12.3. The molecule has 0 aliphatic rings. The molecular weight excluding hydrogens is 221 g/mol. The SMILES string of the molecule is CC(C)(C)C(CN)N(CCO)CC(F)(F)F. The summed E-state index contributed by atoms with van der Waals surface area (Å²) >= 11 is 0. The van der Waals surface area contributed by atoms with E-state index in [0.717, 1.165) is 0 Å². The zero-order valence-electron chi connectivity index (χ0n) is 10.0. The number of hydrogen-bond donors (Lipinski definition) is 2. The van der Waals surface area contributed by atoms with Crippen molar-refractivity contribution in [3.63, 3.8) is 0 Å². The van der Waals surface area contributed by atoms with Crippen molar-refractivity contribution in [3.05, 3.63) is 0 Å². The van der Waals surface area contributed by atoms with E-state index in [1.54, 1.807) is 0 Å². The molecule has 3 nitrogen and oxygen atoms in total. The summed E-state index contributed by atoms with van der Waals surface area (Å²) in [4.78, 5) is 1.19. The number of hydrogen-bond acceptors (Lipinski definition) is 3. The van der Waals surface area contributed by atoms with E-state index >= 15 is 0 Å². The Hall–Kier alpha value is -0.330. The van der Waals surface area contributed by atoms with Gasteiger partial charge in [0.05, 0.1) is 13.2 Å². The Morgan fingerprint density at radius 2 is 1.75 bits per heavy atom. The Morgan fingerprint density at radius 1 is 1.25 bits per heavy atom. The van der Waals surface area contributed by atoms with Crippen LogP contribution in [0.2, 0.25) is 0 Å². The van der Waals surface area contributed by atoms with Crippen LogP contribution in [0.1, 0.15) is 20.8 Å². The third-order valence-electron chi connectivity index (χ3n) is 2.43. The number of rotatable bonds is 5. The van der Waals surface area contributed by atoms with Crippen LogP contribution in [0, 0.1) is 5.41 Å². The van der Waals surface area contributed by atoms with Gasteiger partial charge in [0.1, 0.15) is 0 Å². The second-order valence-corrected chi connectivity index (χ2v) is 4.93. The predicted molar refractivity (Wildman–Crippen MR) is 57.0 cm³/mol. The second-order valence-electron chi connectivity index (χ2n) is 4.93. The highest BCUT2D eigenvalue weighted by molar-refractivity contribution is 4.85. The number of aliphatic hydroxyl groups excluding tert-OH is 1. The van der Waals surface area contributed by atoms with Crippen LogP contribution in [-0.2, 0) is 0 Å². The van der Waals surface area contributed by atoms with Gasteiger partial charge in [-0.05, 0) is 5.41 Å². The Kier molecular flexibility index (Phi) is 5.72. The normalized spacial score (nSPS) is 15.6. The molecule has 0 heterocycles. The number of nitrogens with zero attached hydrogens (tertiary/aromatic N) is 1. The lowest BCUT2D eigenvalue weighted by Gasteiger charge is -2.39. The van der Waals surface area contributed by atoms with Gasteiger partial charge in [0.2, 0.25) is 0 Å². The molecule has 0 spiro atoms. The number of aliphatic hydroxyl groups is 1. The smallest absolute Gasteiger partial charge is 0.395 e. The van der Waals surface area contributed by atoms with Crippen LogP contribution >= 0.6 is 0 Å². The summed E-state index contributed by atoms with van der Waals surface area (Å²) in [5, 5.41) is 8.79. The van der Waals surface area contributed by atoms with Crippen molar-refractivity contribution in [2.24, 2.45) is 11.1 Å². The number of nitrogens with two attached hydrogens (primary N) is 1. The zero-order valence-corrected chi connectivity index (χ0v) is 10.0. The molecule has 0 saturated carbocycles. The molecule has 6 heteroatoms. The monoisotopic (exact) mass is 242 g/mol. The summed E-state index contributed by atoms with van der Waals surface area (Å²) in [7, 11) is 0. The number of alkyl halides is 3. The fraction of sp³-hybridized carbons (Fsp3) is 1.00. The fourth-order valence-electron chi connectivity index (χ4n) is 1.75. The molecule has 0 aromatic heterocycles. The van der Waals surface area contributed by atoms with Crippen molar-refractivity contribution in [3.8, 4) is 0 Å². The second kappa shape index (κ2) is 5.84. The molecule has 0 aliphatic heterocycles. The average molecular weight is 242 g/mol. The van der Waals surface area contributed by atoms with Crippen LogP contribution in [0.3, 0.4) is 0 Å². The third kappa shape index (κ3) is 5.67. The standard InChI is InChI=1S/C10H21F3N2O/c1-9(2,3)8(6-14)15(4-5-16)7-10(11,12)13/h8,16H,4-7,14H2,1-3H3. The van der Waals surface area contributed by atoms with Gasteiger partial charge in [0.15, 0.2) is 0 Å². The fourth-order valence-corrected chi connectivity index (χ4v) is 1.75. The molecule has 0 radical (unpaired) electrons. The highest BCUT2D eigenvalue weighted by Crippen LogP contribution is 2.26. The first-order valence-electron chi connectivity index (χ1n) is 5.23. The summed E-state index contributed by atoms with van der Waals surface area (Å²) < 4.78 is 37.0. The van der Waals surface area contributed by atoms with E-state index < -0.39 is 18.8 Å². The summed E-state index contributed by atoms with van der Waals surface area (Å²) in [6.45, 7) is 4.30. The van der Waals surface area contributed by atoms with Gasteiger partial charge < -0.3 is 10.8 Å². The van der Waals surface area contributed by atoms with Crippen LogP contribution in [0.5, 0.6) is 0 Å². The van der Waals surface area contributed by atoms with Crippen molar-refractivity contribution in [1.29, 1.82) is 0 Å². The van der Waals surface area contributed by atoms with Gasteiger partial charge in [-0.25, -0.2) is 0 Å². The first-order valence-corrected chi connectivity index (χ1v) is 5.23. The first-order chi connectivity index (χ1) is 7.11. The Labute approximate surface area is 94.4 Å². The molecular formula is C10H21F3N2O. The van der Waals surface area contributed by atoms with Crippen molar-refractivity contribution in [1.82, 2.24) is 4.90 Å². The lowest BCUT2D eigenvalue weighted by Crippen LogP contribution is -2.52. The van der Waals surface area contributed by atoms with E-state index in [2.05, 4.69) is 0 Å². The molecule has 0 fully saturated rings. The molecule has 98 valence electrons. The molecule has 0 bridgehead atoms. The molecule has 3 N–H and O–H groups in total. The van der Waals surface area contributed by atoms with E-state index in [9.17, 15) is 13.2 Å². The van der Waals surface area contributed by atoms with Gasteiger partial charge in [-0.1, -0.05) is 20.8 Å².